The first-order chi connectivity index (χ1) is 14.1. The van der Waals surface area contributed by atoms with Crippen molar-refractivity contribution in [3.8, 4) is 11.5 Å². The van der Waals surface area contributed by atoms with Crippen molar-refractivity contribution in [2.75, 3.05) is 51.0 Å². The molecule has 1 fully saturated rings. The molecule has 0 unspecified atom stereocenters. The van der Waals surface area contributed by atoms with Crippen molar-refractivity contribution in [1.29, 1.82) is 0 Å². The number of para-hydroxylation sites is 2. The zero-order chi connectivity index (χ0) is 20.3. The SMILES string of the molecule is O=C(COc1ccc(S(=O)(=O)N2CCOCC2)cc1)N1CCOc2ccccc21. The van der Waals surface area contributed by atoms with E-state index in [1.54, 1.807) is 17.0 Å². The Hall–Kier alpha value is -2.62. The maximum atomic E-state index is 12.6. The highest BCUT2D eigenvalue weighted by Crippen LogP contribution is 2.31. The van der Waals surface area contributed by atoms with E-state index in [2.05, 4.69) is 0 Å². The van der Waals surface area contributed by atoms with Gasteiger partial charge in [-0.05, 0) is 36.4 Å². The number of morpholine rings is 1. The van der Waals surface area contributed by atoms with Crippen LogP contribution in [-0.2, 0) is 19.6 Å². The van der Waals surface area contributed by atoms with Crippen LogP contribution >= 0.6 is 0 Å². The van der Waals surface area contributed by atoms with Crippen LogP contribution in [-0.4, -0.2) is 64.7 Å². The van der Waals surface area contributed by atoms with Gasteiger partial charge in [-0.15, -0.1) is 0 Å². The van der Waals surface area contributed by atoms with Gasteiger partial charge in [-0.3, -0.25) is 4.79 Å². The molecule has 9 heteroatoms. The number of nitrogens with zero attached hydrogens (tertiary/aromatic N) is 2. The van der Waals surface area contributed by atoms with E-state index < -0.39 is 10.0 Å². The zero-order valence-electron chi connectivity index (χ0n) is 15.8. The smallest absolute Gasteiger partial charge is 0.265 e. The number of fused-ring (bicyclic) bond motifs is 1. The van der Waals surface area contributed by atoms with Crippen LogP contribution in [0.5, 0.6) is 11.5 Å². The molecule has 1 saturated heterocycles. The first-order valence-corrected chi connectivity index (χ1v) is 10.8. The number of ether oxygens (including phenoxy) is 3. The average molecular weight is 418 g/mol. The van der Waals surface area contributed by atoms with E-state index in [9.17, 15) is 13.2 Å². The largest absolute Gasteiger partial charge is 0.490 e. The van der Waals surface area contributed by atoms with Gasteiger partial charge in [0.2, 0.25) is 10.0 Å². The number of hydrogen-bond donors (Lipinski definition) is 0. The number of rotatable bonds is 5. The van der Waals surface area contributed by atoms with Crippen LogP contribution in [0.1, 0.15) is 0 Å². The summed E-state index contributed by atoms with van der Waals surface area (Å²) < 4.78 is 43.1. The molecule has 0 radical (unpaired) electrons. The summed E-state index contributed by atoms with van der Waals surface area (Å²) in [6.07, 6.45) is 0. The van der Waals surface area contributed by atoms with E-state index in [0.29, 0.717) is 51.0 Å². The molecule has 2 aliphatic rings. The summed E-state index contributed by atoms with van der Waals surface area (Å²) in [5.74, 6) is 0.913. The second kappa shape index (κ2) is 8.40. The summed E-state index contributed by atoms with van der Waals surface area (Å²) in [6, 6.07) is 13.5. The summed E-state index contributed by atoms with van der Waals surface area (Å²) in [5, 5.41) is 0. The monoisotopic (exact) mass is 418 g/mol. The normalized spacial score (nSPS) is 17.3. The Balaban J connectivity index is 1.39. The molecule has 2 aromatic carbocycles. The van der Waals surface area contributed by atoms with E-state index in [1.807, 2.05) is 24.3 Å². The first-order valence-electron chi connectivity index (χ1n) is 9.39. The molecule has 154 valence electrons. The van der Waals surface area contributed by atoms with Crippen molar-refractivity contribution >= 4 is 21.6 Å². The van der Waals surface area contributed by atoms with E-state index >= 15 is 0 Å². The molecule has 2 aliphatic heterocycles. The third-order valence-electron chi connectivity index (χ3n) is 4.82. The molecule has 0 aromatic heterocycles. The predicted molar refractivity (Wildman–Crippen MR) is 106 cm³/mol. The molecular formula is C20H22N2O6S. The minimum atomic E-state index is -3.55. The van der Waals surface area contributed by atoms with Gasteiger partial charge < -0.3 is 19.1 Å². The fourth-order valence-corrected chi connectivity index (χ4v) is 4.70. The molecule has 0 bridgehead atoms. The number of amides is 1. The van der Waals surface area contributed by atoms with Gasteiger partial charge in [0.15, 0.2) is 6.61 Å². The Bertz CT molecular complexity index is 971. The predicted octanol–water partition coefficient (Wildman–Crippen LogP) is 1.51. The third kappa shape index (κ3) is 4.21. The molecule has 0 saturated carbocycles. The first kappa shape index (κ1) is 19.7. The number of benzene rings is 2. The lowest BCUT2D eigenvalue weighted by Crippen LogP contribution is -2.40. The van der Waals surface area contributed by atoms with Crippen LogP contribution in [0.25, 0.3) is 0 Å². The van der Waals surface area contributed by atoms with Crippen LogP contribution in [0, 0.1) is 0 Å². The fraction of sp³-hybridized carbons (Fsp3) is 0.350. The molecule has 0 N–H and O–H groups in total. The highest BCUT2D eigenvalue weighted by molar-refractivity contribution is 7.89. The Morgan fingerprint density at radius 1 is 0.966 bits per heavy atom. The van der Waals surface area contributed by atoms with Crippen molar-refractivity contribution in [1.82, 2.24) is 4.31 Å². The summed E-state index contributed by atoms with van der Waals surface area (Å²) in [4.78, 5) is 14.4. The van der Waals surface area contributed by atoms with E-state index in [4.69, 9.17) is 14.2 Å². The molecule has 0 spiro atoms. The second-order valence-corrected chi connectivity index (χ2v) is 8.58. The van der Waals surface area contributed by atoms with Crippen molar-refractivity contribution in [2.45, 2.75) is 4.90 Å². The third-order valence-corrected chi connectivity index (χ3v) is 6.74. The summed E-state index contributed by atoms with van der Waals surface area (Å²) in [5.41, 5.74) is 0.722. The maximum absolute atomic E-state index is 12.6. The maximum Gasteiger partial charge on any atom is 0.265 e. The van der Waals surface area contributed by atoms with Gasteiger partial charge in [0.25, 0.3) is 5.91 Å². The van der Waals surface area contributed by atoms with Crippen molar-refractivity contribution < 1.29 is 27.4 Å². The minimum Gasteiger partial charge on any atom is -0.490 e. The van der Waals surface area contributed by atoms with Gasteiger partial charge in [-0.2, -0.15) is 4.31 Å². The quantitative estimate of drug-likeness (QED) is 0.732. The van der Waals surface area contributed by atoms with Crippen molar-refractivity contribution in [2.24, 2.45) is 0 Å². The lowest BCUT2D eigenvalue weighted by Gasteiger charge is -2.29. The van der Waals surface area contributed by atoms with Gasteiger partial charge in [0.1, 0.15) is 18.1 Å². The summed E-state index contributed by atoms with van der Waals surface area (Å²) in [6.45, 7) is 2.21. The van der Waals surface area contributed by atoms with Gasteiger partial charge in [-0.25, -0.2) is 8.42 Å². The van der Waals surface area contributed by atoms with Gasteiger partial charge in [0.05, 0.1) is 30.3 Å². The summed E-state index contributed by atoms with van der Waals surface area (Å²) >= 11 is 0. The van der Waals surface area contributed by atoms with Crippen LogP contribution in [0.4, 0.5) is 5.69 Å². The molecule has 29 heavy (non-hydrogen) atoms. The van der Waals surface area contributed by atoms with Gasteiger partial charge in [0, 0.05) is 13.1 Å². The second-order valence-electron chi connectivity index (χ2n) is 6.64. The van der Waals surface area contributed by atoms with E-state index in [1.165, 1.54) is 16.4 Å². The Morgan fingerprint density at radius 3 is 2.45 bits per heavy atom. The van der Waals surface area contributed by atoms with Crippen molar-refractivity contribution in [3.63, 3.8) is 0 Å². The number of carbonyl (C=O) groups excluding carboxylic acids is 1. The number of hydrogen-bond acceptors (Lipinski definition) is 6. The Morgan fingerprint density at radius 2 is 1.69 bits per heavy atom. The average Bonchev–Trinajstić information content (AvgIpc) is 2.78. The Labute approximate surface area is 169 Å². The zero-order valence-corrected chi connectivity index (χ0v) is 16.6. The molecule has 2 aromatic rings. The molecule has 8 nitrogen and oxygen atoms in total. The van der Waals surface area contributed by atoms with Crippen LogP contribution < -0.4 is 14.4 Å². The van der Waals surface area contributed by atoms with Gasteiger partial charge in [-0.1, -0.05) is 12.1 Å². The standard InChI is InChI=1S/C20H22N2O6S/c23-20(22-11-14-27-19-4-2-1-3-18(19)22)15-28-16-5-7-17(8-6-16)29(24,25)21-9-12-26-13-10-21/h1-8H,9-15H2. The van der Waals surface area contributed by atoms with Crippen molar-refractivity contribution in [3.05, 3.63) is 48.5 Å². The number of sulfonamides is 1. The summed E-state index contributed by atoms with van der Waals surface area (Å²) in [7, 11) is -3.55. The van der Waals surface area contributed by atoms with Crippen LogP contribution in [0.2, 0.25) is 0 Å². The highest BCUT2D eigenvalue weighted by Gasteiger charge is 2.26. The topological polar surface area (TPSA) is 85.4 Å². The fourth-order valence-electron chi connectivity index (χ4n) is 3.30. The lowest BCUT2D eigenvalue weighted by atomic mass is 10.2. The minimum absolute atomic E-state index is 0.149. The number of anilines is 1. The number of carbonyl (C=O) groups is 1. The Kier molecular flexibility index (Phi) is 5.70. The molecular weight excluding hydrogens is 396 g/mol. The highest BCUT2D eigenvalue weighted by atomic mass is 32.2. The van der Waals surface area contributed by atoms with Crippen LogP contribution in [0.15, 0.2) is 53.4 Å². The molecule has 0 aliphatic carbocycles. The molecule has 0 atom stereocenters. The van der Waals surface area contributed by atoms with Crippen LogP contribution in [0.3, 0.4) is 0 Å². The molecule has 1 amide bonds. The lowest BCUT2D eigenvalue weighted by molar-refractivity contribution is -0.120. The molecule has 4 rings (SSSR count). The molecule has 2 heterocycles. The van der Waals surface area contributed by atoms with E-state index in [-0.39, 0.29) is 17.4 Å². The van der Waals surface area contributed by atoms with Gasteiger partial charge >= 0.3 is 0 Å². The van der Waals surface area contributed by atoms with E-state index in [0.717, 1.165) is 5.69 Å².